The predicted molar refractivity (Wildman–Crippen MR) is 83.9 cm³/mol. The summed E-state index contributed by atoms with van der Waals surface area (Å²) in [5.74, 6) is 0. The first-order valence-corrected chi connectivity index (χ1v) is 8.04. The van der Waals surface area contributed by atoms with Gasteiger partial charge in [0.1, 0.15) is 0 Å². The van der Waals surface area contributed by atoms with E-state index in [0.717, 1.165) is 12.6 Å². The number of likely N-dealkylation sites (tertiary alicyclic amines) is 1. The van der Waals surface area contributed by atoms with Crippen LogP contribution in [0, 0.1) is 6.92 Å². The van der Waals surface area contributed by atoms with E-state index in [9.17, 15) is 0 Å². The van der Waals surface area contributed by atoms with Crippen molar-refractivity contribution < 1.29 is 0 Å². The molecule has 0 bridgehead atoms. The fourth-order valence-corrected chi connectivity index (χ4v) is 3.52. The van der Waals surface area contributed by atoms with Crippen LogP contribution in [0.1, 0.15) is 24.0 Å². The first-order chi connectivity index (χ1) is 9.83. The lowest BCUT2D eigenvalue weighted by molar-refractivity contribution is 0.0947. The third kappa shape index (κ3) is 3.40. The highest BCUT2D eigenvalue weighted by molar-refractivity contribution is 5.25. The quantitative estimate of drug-likeness (QED) is 0.907. The number of hydrogen-bond acceptors (Lipinski definition) is 3. The number of rotatable bonds is 3. The summed E-state index contributed by atoms with van der Waals surface area (Å²) in [5.41, 5.74) is 2.92. The van der Waals surface area contributed by atoms with Crippen LogP contribution in [0.2, 0.25) is 0 Å². The molecule has 3 nitrogen and oxygen atoms in total. The third-order valence-corrected chi connectivity index (χ3v) is 4.88. The highest BCUT2D eigenvalue weighted by Crippen LogP contribution is 2.19. The molecule has 20 heavy (non-hydrogen) atoms. The van der Waals surface area contributed by atoms with Gasteiger partial charge in [-0.3, -0.25) is 9.80 Å². The molecule has 0 atom stereocenters. The zero-order valence-electron chi connectivity index (χ0n) is 12.6. The van der Waals surface area contributed by atoms with Crippen LogP contribution < -0.4 is 5.32 Å². The molecule has 1 aromatic carbocycles. The Kier molecular flexibility index (Phi) is 4.71. The summed E-state index contributed by atoms with van der Waals surface area (Å²) in [7, 11) is 0. The van der Waals surface area contributed by atoms with Crippen LogP contribution in [0.5, 0.6) is 0 Å². The van der Waals surface area contributed by atoms with E-state index in [2.05, 4.69) is 46.3 Å². The summed E-state index contributed by atoms with van der Waals surface area (Å²) in [6.07, 6.45) is 2.68. The Bertz CT molecular complexity index is 418. The molecule has 3 rings (SSSR count). The number of nitrogens with zero attached hydrogens (tertiary/aromatic N) is 2. The highest BCUT2D eigenvalue weighted by atomic mass is 15.2. The van der Waals surface area contributed by atoms with Gasteiger partial charge < -0.3 is 5.32 Å². The summed E-state index contributed by atoms with van der Waals surface area (Å²) in [4.78, 5) is 5.32. The number of aryl methyl sites for hydroxylation is 1. The van der Waals surface area contributed by atoms with Crippen LogP contribution in [0.15, 0.2) is 24.3 Å². The molecule has 2 aliphatic rings. The van der Waals surface area contributed by atoms with Crippen molar-refractivity contribution in [3.05, 3.63) is 35.4 Å². The lowest BCUT2D eigenvalue weighted by Gasteiger charge is -2.40. The number of piperazine rings is 1. The van der Waals surface area contributed by atoms with Gasteiger partial charge in [0.25, 0.3) is 0 Å². The zero-order valence-corrected chi connectivity index (χ0v) is 12.6. The fraction of sp³-hybridized carbons (Fsp3) is 0.647. The summed E-state index contributed by atoms with van der Waals surface area (Å²) in [6.45, 7) is 10.7. The Hall–Kier alpha value is -0.900. The van der Waals surface area contributed by atoms with E-state index >= 15 is 0 Å². The molecule has 0 unspecified atom stereocenters. The smallest absolute Gasteiger partial charge is 0.0236 e. The monoisotopic (exact) mass is 273 g/mol. The third-order valence-electron chi connectivity index (χ3n) is 4.88. The Morgan fingerprint density at radius 1 is 1.05 bits per heavy atom. The van der Waals surface area contributed by atoms with Crippen molar-refractivity contribution >= 4 is 0 Å². The van der Waals surface area contributed by atoms with E-state index in [1.165, 1.54) is 63.2 Å². The second-order valence-electron chi connectivity index (χ2n) is 6.22. The lowest BCUT2D eigenvalue weighted by Crippen LogP contribution is -2.51. The van der Waals surface area contributed by atoms with Gasteiger partial charge in [-0.2, -0.15) is 0 Å². The van der Waals surface area contributed by atoms with Crippen molar-refractivity contribution in [2.45, 2.75) is 32.4 Å². The average molecular weight is 273 g/mol. The van der Waals surface area contributed by atoms with E-state index < -0.39 is 0 Å². The minimum atomic E-state index is 0.824. The van der Waals surface area contributed by atoms with E-state index in [4.69, 9.17) is 0 Å². The van der Waals surface area contributed by atoms with Crippen molar-refractivity contribution in [2.24, 2.45) is 0 Å². The summed E-state index contributed by atoms with van der Waals surface area (Å²) in [5, 5.41) is 3.45. The topological polar surface area (TPSA) is 18.5 Å². The van der Waals surface area contributed by atoms with E-state index in [1.54, 1.807) is 0 Å². The highest BCUT2D eigenvalue weighted by Gasteiger charge is 2.25. The Morgan fingerprint density at radius 2 is 1.75 bits per heavy atom. The molecule has 0 aromatic heterocycles. The largest absolute Gasteiger partial charge is 0.314 e. The second-order valence-corrected chi connectivity index (χ2v) is 6.22. The molecule has 2 fully saturated rings. The molecule has 0 saturated carbocycles. The molecule has 2 aliphatic heterocycles. The van der Waals surface area contributed by atoms with Crippen LogP contribution in [-0.4, -0.2) is 55.1 Å². The van der Waals surface area contributed by atoms with Crippen LogP contribution >= 0.6 is 0 Å². The average Bonchev–Trinajstić information content (AvgIpc) is 2.51. The molecule has 0 radical (unpaired) electrons. The van der Waals surface area contributed by atoms with E-state index in [1.807, 2.05) is 0 Å². The first-order valence-electron chi connectivity index (χ1n) is 8.04. The van der Waals surface area contributed by atoms with Crippen molar-refractivity contribution in [3.8, 4) is 0 Å². The fourth-order valence-electron chi connectivity index (χ4n) is 3.52. The minimum absolute atomic E-state index is 0.824. The first kappa shape index (κ1) is 14.1. The zero-order chi connectivity index (χ0) is 13.8. The van der Waals surface area contributed by atoms with Gasteiger partial charge in [-0.25, -0.2) is 0 Å². The molecule has 110 valence electrons. The van der Waals surface area contributed by atoms with Crippen molar-refractivity contribution in [3.63, 3.8) is 0 Å². The van der Waals surface area contributed by atoms with Gasteiger partial charge >= 0.3 is 0 Å². The molecular weight excluding hydrogens is 246 g/mol. The van der Waals surface area contributed by atoms with Crippen molar-refractivity contribution in [2.75, 3.05) is 39.3 Å². The minimum Gasteiger partial charge on any atom is -0.314 e. The SMILES string of the molecule is Cc1ccccc1CN1CCC(N2CCNCC2)CC1. The van der Waals surface area contributed by atoms with Crippen LogP contribution in [0.4, 0.5) is 0 Å². The Balaban J connectivity index is 1.50. The maximum atomic E-state index is 3.45. The van der Waals surface area contributed by atoms with Crippen LogP contribution in [0.25, 0.3) is 0 Å². The summed E-state index contributed by atoms with van der Waals surface area (Å²) < 4.78 is 0. The molecular formula is C17H27N3. The van der Waals surface area contributed by atoms with Gasteiger partial charge in [0.05, 0.1) is 0 Å². The number of piperidine rings is 1. The molecule has 1 N–H and O–H groups in total. The number of benzene rings is 1. The van der Waals surface area contributed by atoms with Gasteiger partial charge in [0, 0.05) is 38.8 Å². The molecule has 1 aromatic rings. The maximum absolute atomic E-state index is 3.45. The van der Waals surface area contributed by atoms with Crippen molar-refractivity contribution in [1.29, 1.82) is 0 Å². The molecule has 0 amide bonds. The molecule has 3 heteroatoms. The number of hydrogen-bond donors (Lipinski definition) is 1. The van der Waals surface area contributed by atoms with Crippen LogP contribution in [0.3, 0.4) is 0 Å². The van der Waals surface area contributed by atoms with Gasteiger partial charge in [0.15, 0.2) is 0 Å². The normalized spacial score (nSPS) is 23.1. The lowest BCUT2D eigenvalue weighted by atomic mass is 10.0. The van der Waals surface area contributed by atoms with Gasteiger partial charge in [0.2, 0.25) is 0 Å². The van der Waals surface area contributed by atoms with Gasteiger partial charge in [-0.05, 0) is 44.0 Å². The molecule has 0 aliphatic carbocycles. The van der Waals surface area contributed by atoms with E-state index in [-0.39, 0.29) is 0 Å². The summed E-state index contributed by atoms with van der Waals surface area (Å²) in [6, 6.07) is 9.62. The molecule has 2 saturated heterocycles. The standard InChI is InChI=1S/C17H27N3/c1-15-4-2-3-5-16(15)14-19-10-6-17(7-11-19)20-12-8-18-9-13-20/h2-5,17-18H,6-14H2,1H3. The molecule has 0 spiro atoms. The Morgan fingerprint density at radius 3 is 2.45 bits per heavy atom. The Labute approximate surface area is 123 Å². The maximum Gasteiger partial charge on any atom is 0.0236 e. The van der Waals surface area contributed by atoms with Crippen molar-refractivity contribution in [1.82, 2.24) is 15.1 Å². The van der Waals surface area contributed by atoms with Gasteiger partial charge in [-0.15, -0.1) is 0 Å². The van der Waals surface area contributed by atoms with Crippen LogP contribution in [-0.2, 0) is 6.54 Å². The second kappa shape index (κ2) is 6.70. The molecule has 2 heterocycles. The van der Waals surface area contributed by atoms with Gasteiger partial charge in [-0.1, -0.05) is 24.3 Å². The summed E-state index contributed by atoms with van der Waals surface area (Å²) >= 11 is 0. The predicted octanol–water partition coefficient (Wildman–Crippen LogP) is 1.86. The number of nitrogens with one attached hydrogen (secondary N) is 1. The van der Waals surface area contributed by atoms with E-state index in [0.29, 0.717) is 0 Å².